The number of para-hydroxylation sites is 1. The molecule has 0 aliphatic carbocycles. The van der Waals surface area contributed by atoms with E-state index in [1.807, 2.05) is 30.3 Å². The average molecular weight is 323 g/mol. The molecule has 0 radical (unpaired) electrons. The number of halogens is 1. The third-order valence-corrected chi connectivity index (χ3v) is 3.92. The zero-order chi connectivity index (χ0) is 15.8. The van der Waals surface area contributed by atoms with Crippen LogP contribution in [0.1, 0.15) is 0 Å². The molecule has 0 fully saturated rings. The number of fused-ring (bicyclic) bond motifs is 1. The van der Waals surface area contributed by atoms with E-state index >= 15 is 0 Å². The van der Waals surface area contributed by atoms with E-state index in [1.54, 1.807) is 30.3 Å². The van der Waals surface area contributed by atoms with Gasteiger partial charge in [0.05, 0.1) is 15.9 Å². The number of nitrogens with one attached hydrogen (secondary N) is 1. The smallest absolute Gasteiger partial charge is 0.259 e. The molecule has 2 heterocycles. The molecule has 112 valence electrons. The predicted octanol–water partition coefficient (Wildman–Crippen LogP) is 4.50. The first kappa shape index (κ1) is 13.8. The van der Waals surface area contributed by atoms with Crippen LogP contribution in [-0.4, -0.2) is 9.97 Å². The Morgan fingerprint density at radius 3 is 2.52 bits per heavy atom. The van der Waals surface area contributed by atoms with E-state index in [2.05, 4.69) is 9.97 Å². The lowest BCUT2D eigenvalue weighted by molar-refractivity contribution is 0.592. The number of furan rings is 1. The molecule has 0 unspecified atom stereocenters. The van der Waals surface area contributed by atoms with Crippen molar-refractivity contribution in [1.29, 1.82) is 0 Å². The molecule has 0 atom stereocenters. The Morgan fingerprint density at radius 1 is 0.913 bits per heavy atom. The molecule has 1 N–H and O–H groups in total. The second-order valence-corrected chi connectivity index (χ2v) is 5.48. The molecular formula is C18H11ClN2O2. The van der Waals surface area contributed by atoms with E-state index in [-0.39, 0.29) is 5.56 Å². The third-order valence-electron chi connectivity index (χ3n) is 3.59. The quantitative estimate of drug-likeness (QED) is 0.591. The standard InChI is InChI=1S/C18H11ClN2O2/c19-13-7-3-1-5-11(13)15-9-10-16(23-15)17-20-14-8-4-2-6-12(14)18(22)21-17/h1-10H,(H,20,21,22). The van der Waals surface area contributed by atoms with Gasteiger partial charge in [-0.05, 0) is 36.4 Å². The maximum Gasteiger partial charge on any atom is 0.259 e. The second-order valence-electron chi connectivity index (χ2n) is 5.08. The zero-order valence-corrected chi connectivity index (χ0v) is 12.7. The largest absolute Gasteiger partial charge is 0.453 e. The summed E-state index contributed by atoms with van der Waals surface area (Å²) in [6.45, 7) is 0. The van der Waals surface area contributed by atoms with Crippen LogP contribution in [-0.2, 0) is 0 Å². The highest BCUT2D eigenvalue weighted by Gasteiger charge is 2.12. The molecular weight excluding hydrogens is 312 g/mol. The van der Waals surface area contributed by atoms with Crippen molar-refractivity contribution in [3.05, 3.63) is 76.0 Å². The Morgan fingerprint density at radius 2 is 1.65 bits per heavy atom. The average Bonchev–Trinajstić information content (AvgIpc) is 3.05. The molecule has 2 aromatic carbocycles. The summed E-state index contributed by atoms with van der Waals surface area (Å²) in [4.78, 5) is 19.4. The number of aromatic nitrogens is 2. The number of rotatable bonds is 2. The molecule has 0 bridgehead atoms. The van der Waals surface area contributed by atoms with Gasteiger partial charge < -0.3 is 9.40 Å². The summed E-state index contributed by atoms with van der Waals surface area (Å²) in [7, 11) is 0. The van der Waals surface area contributed by atoms with E-state index in [0.29, 0.717) is 33.3 Å². The van der Waals surface area contributed by atoms with Gasteiger partial charge in [-0.15, -0.1) is 0 Å². The van der Waals surface area contributed by atoms with E-state index in [1.165, 1.54) is 0 Å². The Kier molecular flexibility index (Phi) is 3.24. The van der Waals surface area contributed by atoms with Crippen LogP contribution in [0.4, 0.5) is 0 Å². The molecule has 0 saturated carbocycles. The van der Waals surface area contributed by atoms with E-state index < -0.39 is 0 Å². The van der Waals surface area contributed by atoms with E-state index in [4.69, 9.17) is 16.0 Å². The van der Waals surface area contributed by atoms with Crippen molar-refractivity contribution < 1.29 is 4.42 Å². The fourth-order valence-corrected chi connectivity index (χ4v) is 2.70. The van der Waals surface area contributed by atoms with Gasteiger partial charge in [0.2, 0.25) is 0 Å². The number of nitrogens with zero attached hydrogens (tertiary/aromatic N) is 1. The minimum absolute atomic E-state index is 0.193. The van der Waals surface area contributed by atoms with Gasteiger partial charge in [-0.25, -0.2) is 4.98 Å². The third kappa shape index (κ3) is 2.43. The van der Waals surface area contributed by atoms with Crippen LogP contribution in [0.3, 0.4) is 0 Å². The van der Waals surface area contributed by atoms with Crippen molar-refractivity contribution >= 4 is 22.5 Å². The number of hydrogen-bond donors (Lipinski definition) is 1. The summed E-state index contributed by atoms with van der Waals surface area (Å²) in [5.74, 6) is 1.51. The monoisotopic (exact) mass is 322 g/mol. The zero-order valence-electron chi connectivity index (χ0n) is 11.9. The van der Waals surface area contributed by atoms with Crippen LogP contribution >= 0.6 is 11.6 Å². The molecule has 0 amide bonds. The number of hydrogen-bond acceptors (Lipinski definition) is 3. The van der Waals surface area contributed by atoms with E-state index in [9.17, 15) is 4.79 Å². The van der Waals surface area contributed by atoms with Crippen molar-refractivity contribution in [2.45, 2.75) is 0 Å². The fraction of sp³-hybridized carbons (Fsp3) is 0. The SMILES string of the molecule is O=c1[nH]c(-c2ccc(-c3ccccc3Cl)o2)nc2ccccc12. The van der Waals surface area contributed by atoms with Crippen LogP contribution < -0.4 is 5.56 Å². The molecule has 4 aromatic rings. The first-order chi connectivity index (χ1) is 11.2. The summed E-state index contributed by atoms with van der Waals surface area (Å²) in [6.07, 6.45) is 0. The fourth-order valence-electron chi connectivity index (χ4n) is 2.47. The highest BCUT2D eigenvalue weighted by Crippen LogP contribution is 2.31. The van der Waals surface area contributed by atoms with Crippen molar-refractivity contribution in [1.82, 2.24) is 9.97 Å². The number of benzene rings is 2. The maximum absolute atomic E-state index is 12.1. The van der Waals surface area contributed by atoms with Gasteiger partial charge in [-0.3, -0.25) is 4.79 Å². The number of H-pyrrole nitrogens is 1. The summed E-state index contributed by atoms with van der Waals surface area (Å²) in [6, 6.07) is 18.2. The Balaban J connectivity index is 1.84. The molecule has 0 spiro atoms. The van der Waals surface area contributed by atoms with Gasteiger partial charge in [0.25, 0.3) is 5.56 Å². The molecule has 0 aliphatic heterocycles. The molecule has 4 nitrogen and oxygen atoms in total. The van der Waals surface area contributed by atoms with Crippen LogP contribution in [0.2, 0.25) is 5.02 Å². The summed E-state index contributed by atoms with van der Waals surface area (Å²) in [5.41, 5.74) is 1.23. The highest BCUT2D eigenvalue weighted by molar-refractivity contribution is 6.33. The van der Waals surface area contributed by atoms with Gasteiger partial charge in [-0.2, -0.15) is 0 Å². The summed E-state index contributed by atoms with van der Waals surface area (Å²) >= 11 is 6.18. The Hall–Kier alpha value is -2.85. The minimum atomic E-state index is -0.193. The van der Waals surface area contributed by atoms with Gasteiger partial charge in [0, 0.05) is 5.56 Å². The first-order valence-corrected chi connectivity index (χ1v) is 7.44. The Labute approximate surface area is 136 Å². The van der Waals surface area contributed by atoms with Crippen LogP contribution in [0.5, 0.6) is 0 Å². The summed E-state index contributed by atoms with van der Waals surface area (Å²) < 4.78 is 5.82. The van der Waals surface area contributed by atoms with Gasteiger partial charge >= 0.3 is 0 Å². The van der Waals surface area contributed by atoms with Crippen molar-refractivity contribution in [3.63, 3.8) is 0 Å². The summed E-state index contributed by atoms with van der Waals surface area (Å²) in [5, 5.41) is 1.16. The van der Waals surface area contributed by atoms with Crippen molar-refractivity contribution in [3.8, 4) is 22.9 Å². The van der Waals surface area contributed by atoms with Gasteiger partial charge in [0.15, 0.2) is 11.6 Å². The van der Waals surface area contributed by atoms with Crippen LogP contribution in [0.25, 0.3) is 33.8 Å². The maximum atomic E-state index is 12.1. The molecule has 5 heteroatoms. The normalized spacial score (nSPS) is 11.0. The topological polar surface area (TPSA) is 58.9 Å². The lowest BCUT2D eigenvalue weighted by Crippen LogP contribution is -2.08. The van der Waals surface area contributed by atoms with Crippen molar-refractivity contribution in [2.24, 2.45) is 0 Å². The van der Waals surface area contributed by atoms with Crippen LogP contribution in [0.15, 0.2) is 69.9 Å². The molecule has 0 aliphatic rings. The first-order valence-electron chi connectivity index (χ1n) is 7.06. The number of aromatic amines is 1. The lowest BCUT2D eigenvalue weighted by Gasteiger charge is -2.01. The molecule has 4 rings (SSSR count). The van der Waals surface area contributed by atoms with Crippen LogP contribution in [0, 0.1) is 0 Å². The molecule has 2 aromatic heterocycles. The van der Waals surface area contributed by atoms with E-state index in [0.717, 1.165) is 5.56 Å². The van der Waals surface area contributed by atoms with Gasteiger partial charge in [-0.1, -0.05) is 35.9 Å². The lowest BCUT2D eigenvalue weighted by atomic mass is 10.2. The minimum Gasteiger partial charge on any atom is -0.453 e. The Bertz CT molecular complexity index is 1070. The highest BCUT2D eigenvalue weighted by atomic mass is 35.5. The molecule has 0 saturated heterocycles. The van der Waals surface area contributed by atoms with Crippen molar-refractivity contribution in [2.75, 3.05) is 0 Å². The second kappa shape index (κ2) is 5.41. The predicted molar refractivity (Wildman–Crippen MR) is 90.5 cm³/mol. The molecule has 23 heavy (non-hydrogen) atoms. The van der Waals surface area contributed by atoms with Gasteiger partial charge in [0.1, 0.15) is 5.76 Å².